The van der Waals surface area contributed by atoms with Crippen LogP contribution in [0.1, 0.15) is 29.5 Å². The van der Waals surface area contributed by atoms with E-state index in [9.17, 15) is 9.59 Å². The number of anilines is 2. The number of nitrogen functional groups attached to an aromatic ring is 1. The van der Waals surface area contributed by atoms with E-state index in [-0.39, 0.29) is 43.8 Å². The van der Waals surface area contributed by atoms with Gasteiger partial charge in [0, 0.05) is 25.6 Å². The molecule has 0 aliphatic carbocycles. The molecule has 3 aromatic rings. The van der Waals surface area contributed by atoms with E-state index in [1.165, 1.54) is 36.4 Å². The smallest absolute Gasteiger partial charge is 0.320 e. The largest absolute Gasteiger partial charge is 0.461 e. The van der Waals surface area contributed by atoms with E-state index in [1.807, 2.05) is 24.3 Å². The number of hydrogen-bond acceptors (Lipinski definition) is 8. The number of Topliss-reactive ketones (excluding diaryl/α,β-unsaturated/α-hetero) is 1. The van der Waals surface area contributed by atoms with Gasteiger partial charge in [0.05, 0.1) is 13.2 Å². The standard InChI is InChI=1S/C28H31N5O4.ClH/c1-36-14-15-37-28-30-25(29)23-16-24(34)27(35)33(26(23)31-28)18-20-6-10-22(11-7-20)21-8-4-19(5-9-21)17-32-12-2-3-13-32;/h4-11H,2-3,12-18H2,1H3,(H2,29,30,31);1H. The molecule has 38 heavy (non-hydrogen) atoms. The lowest BCUT2D eigenvalue weighted by Gasteiger charge is -2.28. The second kappa shape index (κ2) is 12.3. The molecule has 200 valence electrons. The van der Waals surface area contributed by atoms with Crippen molar-refractivity contribution < 1.29 is 19.1 Å². The molecule has 1 fully saturated rings. The molecule has 3 heterocycles. The lowest BCUT2D eigenvalue weighted by molar-refractivity contribution is -0.136. The number of halogens is 1. The molecule has 1 aromatic heterocycles. The Kier molecular flexibility index (Phi) is 8.93. The van der Waals surface area contributed by atoms with Crippen molar-refractivity contribution in [3.63, 3.8) is 0 Å². The van der Waals surface area contributed by atoms with Crippen LogP contribution in [0.25, 0.3) is 11.1 Å². The molecule has 1 saturated heterocycles. The first-order valence-corrected chi connectivity index (χ1v) is 12.6. The second-order valence-corrected chi connectivity index (χ2v) is 9.40. The van der Waals surface area contributed by atoms with E-state index >= 15 is 0 Å². The summed E-state index contributed by atoms with van der Waals surface area (Å²) < 4.78 is 10.5. The van der Waals surface area contributed by atoms with Crippen LogP contribution in [0.3, 0.4) is 0 Å². The Morgan fingerprint density at radius 2 is 1.47 bits per heavy atom. The first kappa shape index (κ1) is 27.5. The summed E-state index contributed by atoms with van der Waals surface area (Å²) >= 11 is 0. The van der Waals surface area contributed by atoms with Gasteiger partial charge in [-0.25, -0.2) is 0 Å². The Bertz CT molecular complexity index is 1280. The van der Waals surface area contributed by atoms with Gasteiger partial charge in [0.1, 0.15) is 18.2 Å². The van der Waals surface area contributed by atoms with Crippen LogP contribution < -0.4 is 15.4 Å². The van der Waals surface area contributed by atoms with E-state index in [0.29, 0.717) is 18.0 Å². The molecule has 10 heteroatoms. The number of rotatable bonds is 9. The molecule has 0 saturated carbocycles. The van der Waals surface area contributed by atoms with Gasteiger partial charge in [0.25, 0.3) is 5.91 Å². The molecule has 2 aromatic carbocycles. The highest BCUT2D eigenvalue weighted by Gasteiger charge is 2.35. The van der Waals surface area contributed by atoms with Gasteiger partial charge in [-0.3, -0.25) is 19.4 Å². The summed E-state index contributed by atoms with van der Waals surface area (Å²) in [7, 11) is 1.56. The van der Waals surface area contributed by atoms with Crippen LogP contribution in [0.4, 0.5) is 11.6 Å². The fraction of sp³-hybridized carbons (Fsp3) is 0.357. The fourth-order valence-electron chi connectivity index (χ4n) is 4.76. The molecule has 0 bridgehead atoms. The molecular weight excluding hydrogens is 506 g/mol. The van der Waals surface area contributed by atoms with Crippen molar-refractivity contribution in [1.29, 1.82) is 0 Å². The van der Waals surface area contributed by atoms with Crippen LogP contribution >= 0.6 is 12.4 Å². The summed E-state index contributed by atoms with van der Waals surface area (Å²) in [6.45, 7) is 4.13. The zero-order valence-corrected chi connectivity index (χ0v) is 22.2. The maximum Gasteiger partial charge on any atom is 0.320 e. The van der Waals surface area contributed by atoms with Crippen molar-refractivity contribution in [3.8, 4) is 17.1 Å². The van der Waals surface area contributed by atoms with Gasteiger partial charge in [0.2, 0.25) is 5.78 Å². The molecule has 0 atom stereocenters. The number of carbonyl (C=O) groups excluding carboxylic acids is 2. The van der Waals surface area contributed by atoms with Gasteiger partial charge in [-0.2, -0.15) is 9.97 Å². The SMILES string of the molecule is COCCOc1nc(N)c2c(n1)N(Cc1ccc(-c3ccc(CN4CCCC4)cc3)cc1)C(=O)C(=O)C2.Cl. The Labute approximate surface area is 228 Å². The number of methoxy groups -OCH3 is 1. The average molecular weight is 538 g/mol. The molecule has 2 N–H and O–H groups in total. The van der Waals surface area contributed by atoms with E-state index in [4.69, 9.17) is 15.2 Å². The summed E-state index contributed by atoms with van der Waals surface area (Å²) in [5, 5.41) is 0. The van der Waals surface area contributed by atoms with Crippen molar-refractivity contribution >= 4 is 35.7 Å². The minimum absolute atomic E-state index is 0. The highest BCUT2D eigenvalue weighted by atomic mass is 35.5. The number of fused-ring (bicyclic) bond motifs is 1. The number of nitrogens with zero attached hydrogens (tertiary/aromatic N) is 4. The van der Waals surface area contributed by atoms with Gasteiger partial charge in [-0.05, 0) is 48.2 Å². The summed E-state index contributed by atoms with van der Waals surface area (Å²) in [5.41, 5.74) is 10.9. The van der Waals surface area contributed by atoms with Crippen molar-refractivity contribution in [2.24, 2.45) is 0 Å². The first-order chi connectivity index (χ1) is 18.0. The number of ether oxygens (including phenoxy) is 2. The van der Waals surface area contributed by atoms with Gasteiger partial charge in [-0.1, -0.05) is 48.5 Å². The Morgan fingerprint density at radius 3 is 2.08 bits per heavy atom. The normalized spacial score (nSPS) is 15.3. The number of ketones is 1. The number of benzene rings is 2. The molecule has 2 aliphatic heterocycles. The highest BCUT2D eigenvalue weighted by Crippen LogP contribution is 2.31. The summed E-state index contributed by atoms with van der Waals surface area (Å²) in [4.78, 5) is 37.6. The lowest BCUT2D eigenvalue weighted by atomic mass is 10.0. The Balaban J connectivity index is 0.00000336. The van der Waals surface area contributed by atoms with Crippen LogP contribution in [0.5, 0.6) is 6.01 Å². The zero-order chi connectivity index (χ0) is 25.8. The van der Waals surface area contributed by atoms with Crippen LogP contribution in [-0.4, -0.2) is 60.0 Å². The minimum Gasteiger partial charge on any atom is -0.461 e. The van der Waals surface area contributed by atoms with Crippen LogP contribution in [0, 0.1) is 0 Å². The summed E-state index contributed by atoms with van der Waals surface area (Å²) in [6, 6.07) is 16.7. The number of amides is 1. The number of likely N-dealkylation sites (tertiary alicyclic amines) is 1. The van der Waals surface area contributed by atoms with Crippen molar-refractivity contribution in [2.45, 2.75) is 32.4 Å². The molecule has 9 nitrogen and oxygen atoms in total. The average Bonchev–Trinajstić information content (AvgIpc) is 3.42. The molecule has 2 aliphatic rings. The lowest BCUT2D eigenvalue weighted by Crippen LogP contribution is -2.42. The number of nitrogens with two attached hydrogens (primary N) is 1. The first-order valence-electron chi connectivity index (χ1n) is 12.6. The van der Waals surface area contributed by atoms with Gasteiger partial charge < -0.3 is 15.2 Å². The van der Waals surface area contributed by atoms with E-state index in [2.05, 4.69) is 39.1 Å². The highest BCUT2D eigenvalue weighted by molar-refractivity contribution is 6.43. The maximum absolute atomic E-state index is 12.8. The number of aromatic nitrogens is 2. The molecule has 0 unspecified atom stereocenters. The molecule has 0 spiro atoms. The van der Waals surface area contributed by atoms with Gasteiger partial charge >= 0.3 is 6.01 Å². The minimum atomic E-state index is -0.619. The van der Waals surface area contributed by atoms with Crippen LogP contribution in [-0.2, 0) is 33.8 Å². The van der Waals surface area contributed by atoms with E-state index in [1.54, 1.807) is 7.11 Å². The third kappa shape index (κ3) is 6.12. The predicted octanol–water partition coefficient (Wildman–Crippen LogP) is 3.43. The van der Waals surface area contributed by atoms with Gasteiger partial charge in [-0.15, -0.1) is 12.4 Å². The summed E-state index contributed by atoms with van der Waals surface area (Å²) in [6.07, 6.45) is 2.45. The zero-order valence-electron chi connectivity index (χ0n) is 21.4. The van der Waals surface area contributed by atoms with Crippen molar-refractivity contribution in [2.75, 3.05) is 44.0 Å². The van der Waals surface area contributed by atoms with E-state index in [0.717, 1.165) is 23.2 Å². The fourth-order valence-corrected chi connectivity index (χ4v) is 4.76. The van der Waals surface area contributed by atoms with Crippen LogP contribution in [0.2, 0.25) is 0 Å². The number of hydrogen-bond donors (Lipinski definition) is 1. The monoisotopic (exact) mass is 537 g/mol. The topological polar surface area (TPSA) is 111 Å². The summed E-state index contributed by atoms with van der Waals surface area (Å²) in [5.74, 6) is -0.721. The maximum atomic E-state index is 12.8. The van der Waals surface area contributed by atoms with Crippen LogP contribution in [0.15, 0.2) is 48.5 Å². The predicted molar refractivity (Wildman–Crippen MR) is 147 cm³/mol. The Hall–Kier alpha value is -3.53. The van der Waals surface area contributed by atoms with Gasteiger partial charge in [0.15, 0.2) is 0 Å². The quantitative estimate of drug-likeness (QED) is 0.326. The third-order valence-corrected chi connectivity index (χ3v) is 6.78. The van der Waals surface area contributed by atoms with Crippen molar-refractivity contribution in [3.05, 3.63) is 65.2 Å². The van der Waals surface area contributed by atoms with Crippen molar-refractivity contribution in [1.82, 2.24) is 14.9 Å². The number of carbonyl (C=O) groups is 2. The molecule has 5 rings (SSSR count). The molecular formula is C28H32ClN5O4. The molecule has 1 amide bonds. The molecule has 0 radical (unpaired) electrons. The second-order valence-electron chi connectivity index (χ2n) is 9.40. The Morgan fingerprint density at radius 1 is 0.868 bits per heavy atom. The third-order valence-electron chi connectivity index (χ3n) is 6.78. The van der Waals surface area contributed by atoms with E-state index < -0.39 is 11.7 Å².